The molecule has 1 unspecified atom stereocenters. The Hall–Kier alpha value is -1.07. The summed E-state index contributed by atoms with van der Waals surface area (Å²) >= 11 is 3.54. The van der Waals surface area contributed by atoms with E-state index in [1.54, 1.807) is 11.3 Å². The molecule has 2 aromatic rings. The Balaban J connectivity index is 1.68. The lowest BCUT2D eigenvalue weighted by molar-refractivity contribution is 0.801. The maximum atomic E-state index is 4.19. The molecule has 0 amide bonds. The quantitative estimate of drug-likeness (QED) is 0.913. The van der Waals surface area contributed by atoms with Gasteiger partial charge in [0.1, 0.15) is 5.01 Å². The molecule has 1 aromatic carbocycles. The molecule has 1 atom stereocenters. The van der Waals surface area contributed by atoms with Crippen molar-refractivity contribution in [3.8, 4) is 0 Å². The van der Waals surface area contributed by atoms with Gasteiger partial charge in [0.05, 0.1) is 0 Å². The zero-order valence-corrected chi connectivity index (χ0v) is 11.9. The average Bonchev–Trinajstić information content (AvgIpc) is 2.68. The van der Waals surface area contributed by atoms with Crippen LogP contribution in [0.15, 0.2) is 28.6 Å². The average molecular weight is 277 g/mol. The van der Waals surface area contributed by atoms with E-state index in [4.69, 9.17) is 0 Å². The molecule has 2 heterocycles. The highest BCUT2D eigenvalue weighted by Crippen LogP contribution is 2.32. The van der Waals surface area contributed by atoms with Crippen LogP contribution in [0.5, 0.6) is 0 Å². The second-order valence-corrected chi connectivity index (χ2v) is 7.13. The van der Waals surface area contributed by atoms with Crippen molar-refractivity contribution in [2.45, 2.75) is 29.4 Å². The fraction of sp³-hybridized carbons (Fsp3) is 0.385. The van der Waals surface area contributed by atoms with Gasteiger partial charge in [0.25, 0.3) is 0 Å². The standard InChI is InChI=1S/C13H15N3S2/c1-9-15-16-13(17-9)18-11-7-6-10-4-2-3-5-12(10)14-8-11/h2-5,11,14H,6-8H2,1H3. The van der Waals surface area contributed by atoms with Gasteiger partial charge < -0.3 is 5.32 Å². The SMILES string of the molecule is Cc1nnc(SC2CCc3ccccc3NC2)s1. The van der Waals surface area contributed by atoms with Crippen LogP contribution < -0.4 is 5.32 Å². The van der Waals surface area contributed by atoms with Crippen molar-refractivity contribution < 1.29 is 0 Å². The zero-order valence-electron chi connectivity index (χ0n) is 10.2. The normalized spacial score (nSPS) is 18.8. The van der Waals surface area contributed by atoms with Crippen LogP contribution >= 0.6 is 23.1 Å². The Kier molecular flexibility index (Phi) is 3.52. The molecule has 0 bridgehead atoms. The molecule has 0 fully saturated rings. The second kappa shape index (κ2) is 5.28. The molecule has 0 radical (unpaired) electrons. The molecule has 3 nitrogen and oxygen atoms in total. The van der Waals surface area contributed by atoms with Crippen LogP contribution in [0.3, 0.4) is 0 Å². The Labute approximate surface area is 115 Å². The largest absolute Gasteiger partial charge is 0.384 e. The van der Waals surface area contributed by atoms with E-state index >= 15 is 0 Å². The van der Waals surface area contributed by atoms with Crippen molar-refractivity contribution >= 4 is 28.8 Å². The van der Waals surface area contributed by atoms with Crippen molar-refractivity contribution in [1.82, 2.24) is 10.2 Å². The number of hydrogen-bond donors (Lipinski definition) is 1. The van der Waals surface area contributed by atoms with E-state index in [0.717, 1.165) is 22.3 Å². The van der Waals surface area contributed by atoms with Crippen molar-refractivity contribution in [3.63, 3.8) is 0 Å². The van der Waals surface area contributed by atoms with Crippen LogP contribution in [-0.2, 0) is 6.42 Å². The second-order valence-electron chi connectivity index (χ2n) is 4.40. The smallest absolute Gasteiger partial charge is 0.174 e. The van der Waals surface area contributed by atoms with Crippen LogP contribution in [0.2, 0.25) is 0 Å². The van der Waals surface area contributed by atoms with Gasteiger partial charge in [0.15, 0.2) is 4.34 Å². The summed E-state index contributed by atoms with van der Waals surface area (Å²) in [5, 5.41) is 13.4. The summed E-state index contributed by atoms with van der Waals surface area (Å²) in [6, 6.07) is 8.58. The van der Waals surface area contributed by atoms with Crippen LogP contribution in [0.25, 0.3) is 0 Å². The molecule has 3 rings (SSSR count). The summed E-state index contributed by atoms with van der Waals surface area (Å²) < 4.78 is 1.09. The molecule has 18 heavy (non-hydrogen) atoms. The molecule has 1 aliphatic heterocycles. The van der Waals surface area contributed by atoms with Crippen molar-refractivity contribution in [2.75, 3.05) is 11.9 Å². The molecule has 0 saturated heterocycles. The van der Waals surface area contributed by atoms with E-state index in [9.17, 15) is 0 Å². The first kappa shape index (κ1) is 12.0. The molecule has 0 spiro atoms. The van der Waals surface area contributed by atoms with E-state index in [-0.39, 0.29) is 0 Å². The van der Waals surface area contributed by atoms with Crippen molar-refractivity contribution in [1.29, 1.82) is 0 Å². The number of benzene rings is 1. The van der Waals surface area contributed by atoms with Gasteiger partial charge in [-0.25, -0.2) is 0 Å². The minimum Gasteiger partial charge on any atom is -0.384 e. The Morgan fingerprint density at radius 2 is 2.22 bits per heavy atom. The van der Waals surface area contributed by atoms with E-state index in [0.29, 0.717) is 5.25 Å². The number of aromatic nitrogens is 2. The number of aryl methyl sites for hydroxylation is 2. The van der Waals surface area contributed by atoms with Crippen LogP contribution in [-0.4, -0.2) is 22.0 Å². The van der Waals surface area contributed by atoms with Crippen molar-refractivity contribution in [3.05, 3.63) is 34.8 Å². The number of anilines is 1. The summed E-state index contributed by atoms with van der Waals surface area (Å²) in [6.07, 6.45) is 2.33. The predicted molar refractivity (Wildman–Crippen MR) is 77.5 cm³/mol. The van der Waals surface area contributed by atoms with E-state index < -0.39 is 0 Å². The van der Waals surface area contributed by atoms with Gasteiger partial charge in [-0.15, -0.1) is 10.2 Å². The van der Waals surface area contributed by atoms with Gasteiger partial charge in [0.2, 0.25) is 0 Å². The Bertz CT molecular complexity index is 512. The summed E-state index contributed by atoms with van der Waals surface area (Å²) in [5.41, 5.74) is 2.71. The third kappa shape index (κ3) is 2.67. The summed E-state index contributed by atoms with van der Waals surface area (Å²) in [7, 11) is 0. The monoisotopic (exact) mass is 277 g/mol. The van der Waals surface area contributed by atoms with Crippen LogP contribution in [0.4, 0.5) is 5.69 Å². The number of para-hydroxylation sites is 1. The highest BCUT2D eigenvalue weighted by atomic mass is 32.2. The lowest BCUT2D eigenvalue weighted by Gasteiger charge is -2.11. The van der Waals surface area contributed by atoms with Gasteiger partial charge in [-0.3, -0.25) is 0 Å². The molecule has 0 saturated carbocycles. The molecular formula is C13H15N3S2. The first-order valence-corrected chi connectivity index (χ1v) is 7.79. The maximum absolute atomic E-state index is 4.19. The lowest BCUT2D eigenvalue weighted by Crippen LogP contribution is -2.14. The molecule has 1 aliphatic rings. The number of nitrogens with zero attached hydrogens (tertiary/aromatic N) is 2. The zero-order chi connectivity index (χ0) is 12.4. The maximum Gasteiger partial charge on any atom is 0.174 e. The van der Waals surface area contributed by atoms with Gasteiger partial charge in [-0.1, -0.05) is 41.3 Å². The third-order valence-electron chi connectivity index (χ3n) is 3.05. The first-order valence-electron chi connectivity index (χ1n) is 6.10. The highest BCUT2D eigenvalue weighted by molar-refractivity contribution is 8.01. The van der Waals surface area contributed by atoms with Gasteiger partial charge in [0, 0.05) is 17.5 Å². The summed E-state index contributed by atoms with van der Waals surface area (Å²) in [6.45, 7) is 3.00. The molecule has 0 aliphatic carbocycles. The van der Waals surface area contributed by atoms with E-state index in [1.807, 2.05) is 18.7 Å². The van der Waals surface area contributed by atoms with E-state index in [2.05, 4.69) is 39.8 Å². The van der Waals surface area contributed by atoms with Gasteiger partial charge in [-0.2, -0.15) is 0 Å². The fourth-order valence-corrected chi connectivity index (χ4v) is 4.28. The topological polar surface area (TPSA) is 37.8 Å². The minimum atomic E-state index is 0.574. The minimum absolute atomic E-state index is 0.574. The summed E-state index contributed by atoms with van der Waals surface area (Å²) in [4.78, 5) is 0. The molecular weight excluding hydrogens is 262 g/mol. The molecule has 1 aromatic heterocycles. The third-order valence-corrected chi connectivity index (χ3v) is 5.24. The van der Waals surface area contributed by atoms with Crippen molar-refractivity contribution in [2.24, 2.45) is 0 Å². The van der Waals surface area contributed by atoms with Crippen LogP contribution in [0, 0.1) is 6.92 Å². The molecule has 94 valence electrons. The Morgan fingerprint density at radius 3 is 3.06 bits per heavy atom. The van der Waals surface area contributed by atoms with Crippen LogP contribution in [0.1, 0.15) is 17.0 Å². The summed E-state index contributed by atoms with van der Waals surface area (Å²) in [5.74, 6) is 0. The Morgan fingerprint density at radius 1 is 1.33 bits per heavy atom. The molecule has 1 N–H and O–H groups in total. The van der Waals surface area contributed by atoms with Gasteiger partial charge >= 0.3 is 0 Å². The predicted octanol–water partition coefficient (Wildman–Crippen LogP) is 3.37. The van der Waals surface area contributed by atoms with E-state index in [1.165, 1.54) is 17.7 Å². The molecule has 5 heteroatoms. The lowest BCUT2D eigenvalue weighted by atomic mass is 10.1. The number of fused-ring (bicyclic) bond motifs is 1. The van der Waals surface area contributed by atoms with Gasteiger partial charge in [-0.05, 0) is 31.4 Å². The first-order chi connectivity index (χ1) is 8.81. The number of hydrogen-bond acceptors (Lipinski definition) is 5. The highest BCUT2D eigenvalue weighted by Gasteiger charge is 2.17. The number of rotatable bonds is 2. The number of nitrogens with one attached hydrogen (secondary N) is 1. The fourth-order valence-electron chi connectivity index (χ4n) is 2.12. The number of thioether (sulfide) groups is 1.